The number of amides is 2. The molecule has 2 aromatic rings. The van der Waals surface area contributed by atoms with E-state index in [2.05, 4.69) is 20.8 Å². The molecule has 0 spiro atoms. The number of hydrogen-bond acceptors (Lipinski definition) is 4. The molecule has 1 aliphatic carbocycles. The molecule has 1 fully saturated rings. The van der Waals surface area contributed by atoms with Gasteiger partial charge in [0.05, 0.1) is 12.2 Å². The lowest BCUT2D eigenvalue weighted by atomic mass is 10.3. The molecular weight excluding hydrogens is 320 g/mol. The number of alkyl halides is 2. The van der Waals surface area contributed by atoms with Crippen molar-refractivity contribution in [1.82, 2.24) is 20.1 Å². The van der Waals surface area contributed by atoms with Gasteiger partial charge in [-0.2, -0.15) is 0 Å². The van der Waals surface area contributed by atoms with Crippen molar-refractivity contribution < 1.29 is 18.3 Å². The summed E-state index contributed by atoms with van der Waals surface area (Å²) in [6.45, 7) is -0.507. The van der Waals surface area contributed by atoms with Gasteiger partial charge >= 0.3 is 6.03 Å². The van der Waals surface area contributed by atoms with E-state index in [1.54, 1.807) is 24.5 Å². The van der Waals surface area contributed by atoms with Crippen LogP contribution in [0.25, 0.3) is 0 Å². The van der Waals surface area contributed by atoms with Crippen molar-refractivity contribution in [1.29, 1.82) is 0 Å². The van der Waals surface area contributed by atoms with Gasteiger partial charge in [-0.3, -0.25) is 0 Å². The Hall–Kier alpha value is -2.71. The number of halogens is 2. The van der Waals surface area contributed by atoms with Gasteiger partial charge in [0, 0.05) is 6.04 Å². The van der Waals surface area contributed by atoms with Crippen LogP contribution in [0.2, 0.25) is 0 Å². The molecule has 0 bridgehead atoms. The highest BCUT2D eigenvalue weighted by molar-refractivity contribution is 5.90. The monoisotopic (exact) mass is 337 g/mol. The van der Waals surface area contributed by atoms with Crippen LogP contribution in [0.3, 0.4) is 0 Å². The number of urea groups is 1. The maximum Gasteiger partial charge on any atom is 0.319 e. The zero-order valence-electron chi connectivity index (χ0n) is 12.8. The molecule has 0 saturated heterocycles. The van der Waals surface area contributed by atoms with Crippen molar-refractivity contribution in [3.63, 3.8) is 0 Å². The van der Waals surface area contributed by atoms with Crippen molar-refractivity contribution >= 4 is 11.7 Å². The first-order chi connectivity index (χ1) is 11.6. The minimum Gasteiger partial charge on any atom is -0.485 e. The minimum absolute atomic E-state index is 0.189. The Kier molecular flexibility index (Phi) is 4.88. The van der Waals surface area contributed by atoms with E-state index in [9.17, 15) is 13.6 Å². The molecule has 128 valence electrons. The Morgan fingerprint density at radius 2 is 2.17 bits per heavy atom. The number of ether oxygens (including phenoxy) is 1. The molecule has 0 unspecified atom stereocenters. The summed E-state index contributed by atoms with van der Waals surface area (Å²) < 4.78 is 31.5. The van der Waals surface area contributed by atoms with E-state index in [0.717, 1.165) is 12.8 Å². The summed E-state index contributed by atoms with van der Waals surface area (Å²) in [7, 11) is 0. The molecule has 9 heteroatoms. The quantitative estimate of drug-likeness (QED) is 0.814. The van der Waals surface area contributed by atoms with E-state index in [1.807, 2.05) is 4.57 Å². The molecule has 1 saturated carbocycles. The predicted molar refractivity (Wildman–Crippen MR) is 82.1 cm³/mol. The van der Waals surface area contributed by atoms with E-state index in [-0.39, 0.29) is 12.3 Å². The lowest BCUT2D eigenvalue weighted by molar-refractivity contribution is 0.0823. The fourth-order valence-corrected chi connectivity index (χ4v) is 2.23. The van der Waals surface area contributed by atoms with E-state index < -0.39 is 19.1 Å². The van der Waals surface area contributed by atoms with Crippen LogP contribution in [-0.2, 0) is 6.54 Å². The fraction of sp³-hybridized carbons (Fsp3) is 0.400. The van der Waals surface area contributed by atoms with Crippen molar-refractivity contribution in [2.45, 2.75) is 31.9 Å². The Morgan fingerprint density at radius 3 is 2.92 bits per heavy atom. The predicted octanol–water partition coefficient (Wildman–Crippen LogP) is 2.58. The summed E-state index contributed by atoms with van der Waals surface area (Å²) in [5.41, 5.74) is 0.319. The van der Waals surface area contributed by atoms with E-state index in [1.165, 1.54) is 6.07 Å². The average Bonchev–Trinajstić information content (AvgIpc) is 3.30. The van der Waals surface area contributed by atoms with Gasteiger partial charge in [-0.25, -0.2) is 13.6 Å². The smallest absolute Gasteiger partial charge is 0.319 e. The van der Waals surface area contributed by atoms with E-state index in [0.29, 0.717) is 17.6 Å². The van der Waals surface area contributed by atoms with E-state index >= 15 is 0 Å². The average molecular weight is 337 g/mol. The highest BCUT2D eigenvalue weighted by atomic mass is 19.3. The highest BCUT2D eigenvalue weighted by Crippen LogP contribution is 2.35. The van der Waals surface area contributed by atoms with Crippen LogP contribution in [0.15, 0.2) is 30.6 Å². The van der Waals surface area contributed by atoms with Crippen LogP contribution in [0.4, 0.5) is 19.3 Å². The molecule has 1 aromatic carbocycles. The zero-order chi connectivity index (χ0) is 16.9. The molecule has 1 aliphatic rings. The number of aromatic nitrogens is 3. The molecule has 0 atom stereocenters. The minimum atomic E-state index is -2.58. The zero-order valence-corrected chi connectivity index (χ0v) is 12.8. The summed E-state index contributed by atoms with van der Waals surface area (Å²) >= 11 is 0. The lowest BCUT2D eigenvalue weighted by Crippen LogP contribution is -2.29. The topological polar surface area (TPSA) is 81.1 Å². The summed E-state index contributed by atoms with van der Waals surface area (Å²) in [5, 5.41) is 13.1. The van der Waals surface area contributed by atoms with Crippen LogP contribution in [-0.4, -0.2) is 33.8 Å². The van der Waals surface area contributed by atoms with Crippen LogP contribution in [0.1, 0.15) is 24.7 Å². The van der Waals surface area contributed by atoms with Crippen molar-refractivity contribution in [3.05, 3.63) is 36.4 Å². The van der Waals surface area contributed by atoms with Gasteiger partial charge in [-0.15, -0.1) is 10.2 Å². The van der Waals surface area contributed by atoms with Crippen molar-refractivity contribution in [2.24, 2.45) is 0 Å². The molecule has 1 heterocycles. The van der Waals surface area contributed by atoms with Gasteiger partial charge in [0.2, 0.25) is 0 Å². The summed E-state index contributed by atoms with van der Waals surface area (Å²) in [4.78, 5) is 12.0. The second-order valence-corrected chi connectivity index (χ2v) is 5.39. The van der Waals surface area contributed by atoms with Gasteiger partial charge < -0.3 is 19.9 Å². The van der Waals surface area contributed by atoms with Gasteiger partial charge in [-0.05, 0) is 25.0 Å². The second kappa shape index (κ2) is 7.24. The first-order valence-corrected chi connectivity index (χ1v) is 7.56. The molecule has 7 nitrogen and oxygen atoms in total. The third-order valence-electron chi connectivity index (χ3n) is 3.49. The lowest BCUT2D eigenvalue weighted by Gasteiger charge is -2.13. The van der Waals surface area contributed by atoms with Crippen LogP contribution < -0.4 is 15.4 Å². The molecule has 1 aromatic heterocycles. The Morgan fingerprint density at radius 1 is 1.38 bits per heavy atom. The third-order valence-corrected chi connectivity index (χ3v) is 3.49. The highest BCUT2D eigenvalue weighted by Gasteiger charge is 2.26. The largest absolute Gasteiger partial charge is 0.485 e. The maximum atomic E-state index is 12.3. The van der Waals surface area contributed by atoms with E-state index in [4.69, 9.17) is 4.74 Å². The van der Waals surface area contributed by atoms with Crippen LogP contribution in [0, 0.1) is 0 Å². The third kappa shape index (κ3) is 4.18. The Labute approximate surface area is 137 Å². The number of anilines is 1. The number of nitrogens with one attached hydrogen (secondary N) is 2. The number of para-hydroxylation sites is 2. The summed E-state index contributed by atoms with van der Waals surface area (Å²) in [6.07, 6.45) is 1.25. The number of rotatable bonds is 7. The second-order valence-electron chi connectivity index (χ2n) is 5.39. The van der Waals surface area contributed by atoms with Gasteiger partial charge in [0.1, 0.15) is 18.7 Å². The molecular formula is C15H17F2N5O2. The molecule has 2 amide bonds. The summed E-state index contributed by atoms with van der Waals surface area (Å²) in [5.74, 6) is 0.865. The summed E-state index contributed by atoms with van der Waals surface area (Å²) in [6, 6.07) is 6.35. The van der Waals surface area contributed by atoms with Crippen LogP contribution in [0.5, 0.6) is 5.75 Å². The molecule has 0 radical (unpaired) electrons. The number of nitrogens with zero attached hydrogens (tertiary/aromatic N) is 3. The maximum absolute atomic E-state index is 12.3. The standard InChI is InChI=1S/C15H17F2N5O2/c16-13(17)8-24-12-4-2-1-3-11(12)20-15(23)18-7-14-21-19-9-22(14)10-5-6-10/h1-4,9-10,13H,5-8H2,(H2,18,20,23). The van der Waals surface area contributed by atoms with Crippen LogP contribution >= 0.6 is 0 Å². The normalized spacial score (nSPS) is 13.8. The SMILES string of the molecule is O=C(NCc1nncn1C1CC1)Nc1ccccc1OCC(F)F. The van der Waals surface area contributed by atoms with Gasteiger partial charge in [0.25, 0.3) is 6.43 Å². The first-order valence-electron chi connectivity index (χ1n) is 7.56. The Balaban J connectivity index is 1.55. The Bertz CT molecular complexity index is 703. The molecule has 24 heavy (non-hydrogen) atoms. The van der Waals surface area contributed by atoms with Gasteiger partial charge in [0.15, 0.2) is 5.82 Å². The molecule has 0 aliphatic heterocycles. The number of carbonyl (C=O) groups excluding carboxylic acids is 1. The van der Waals surface area contributed by atoms with Gasteiger partial charge in [-0.1, -0.05) is 12.1 Å². The number of hydrogen-bond donors (Lipinski definition) is 2. The van der Waals surface area contributed by atoms with Crippen molar-refractivity contribution in [3.8, 4) is 5.75 Å². The molecule has 2 N–H and O–H groups in total. The van der Waals surface area contributed by atoms with Crippen molar-refractivity contribution in [2.75, 3.05) is 11.9 Å². The molecule has 3 rings (SSSR count). The number of benzene rings is 1. The first kappa shape index (κ1) is 16.2. The fourth-order valence-electron chi connectivity index (χ4n) is 2.23. The number of carbonyl (C=O) groups is 1.